The van der Waals surface area contributed by atoms with Crippen LogP contribution in [0.4, 0.5) is 0 Å². The van der Waals surface area contributed by atoms with Gasteiger partial charge in [0.2, 0.25) is 0 Å². The average Bonchev–Trinajstić information content (AvgIpc) is 2.82. The molecule has 3 aromatic rings. The number of β-amino-alcohol motifs (C(OH)–C–C–N with tert-alkyl or cyclic N) is 1. The summed E-state index contributed by atoms with van der Waals surface area (Å²) in [5.74, 6) is 0.685. The number of hydrogen-bond donors (Lipinski definition) is 2. The Labute approximate surface area is 190 Å². The number of carbonyl (C=O) groups excluding carboxylic acids is 1. The number of unbranched alkanes of at least 4 members (excludes halogenated alkanes) is 1. The normalized spacial score (nSPS) is 14.7. The van der Waals surface area contributed by atoms with Crippen LogP contribution in [0.1, 0.15) is 41.3 Å². The third-order valence-corrected chi connectivity index (χ3v) is 6.02. The van der Waals surface area contributed by atoms with Gasteiger partial charge in [-0.05, 0) is 59.0 Å². The summed E-state index contributed by atoms with van der Waals surface area (Å²) in [5, 5.41) is 15.4. The van der Waals surface area contributed by atoms with E-state index in [0.29, 0.717) is 12.1 Å². The van der Waals surface area contributed by atoms with Gasteiger partial charge in [0.25, 0.3) is 5.91 Å². The predicted molar refractivity (Wildman–Crippen MR) is 128 cm³/mol. The first-order valence-corrected chi connectivity index (χ1v) is 11.5. The van der Waals surface area contributed by atoms with Crippen molar-refractivity contribution in [2.75, 3.05) is 26.2 Å². The molecule has 0 aliphatic carbocycles. The molecule has 0 spiro atoms. The Hall–Kier alpha value is -2.89. The largest absolute Gasteiger partial charge is 0.494 e. The Kier molecular flexibility index (Phi) is 7.40. The van der Waals surface area contributed by atoms with E-state index in [1.54, 1.807) is 0 Å². The number of hydrogen-bond acceptors (Lipinski definition) is 4. The van der Waals surface area contributed by atoms with Crippen LogP contribution >= 0.6 is 0 Å². The molecule has 1 heterocycles. The highest BCUT2D eigenvalue weighted by molar-refractivity contribution is 5.98. The van der Waals surface area contributed by atoms with Crippen molar-refractivity contribution in [3.8, 4) is 5.75 Å². The maximum Gasteiger partial charge on any atom is 0.251 e. The number of aliphatic hydroxyl groups excluding tert-OH is 1. The standard InChI is InChI=1S/C27H32N2O3/c1-2-3-14-32-26-11-10-21-15-23(9-8-22(21)16-26)27(31)28-17-25(30)19-29-13-12-20-6-4-5-7-24(20)18-29/h4-11,15-16,25,30H,2-3,12-14,17-19H2,1H3,(H,28,31)/t25-/m0/s1. The lowest BCUT2D eigenvalue weighted by Gasteiger charge is -2.30. The number of fused-ring (bicyclic) bond motifs is 2. The van der Waals surface area contributed by atoms with Crippen LogP contribution in [0.15, 0.2) is 60.7 Å². The molecule has 2 N–H and O–H groups in total. The molecule has 5 nitrogen and oxygen atoms in total. The van der Waals surface area contributed by atoms with E-state index in [2.05, 4.69) is 41.4 Å². The van der Waals surface area contributed by atoms with Crippen molar-refractivity contribution in [2.24, 2.45) is 0 Å². The number of amides is 1. The molecule has 4 rings (SSSR count). The summed E-state index contributed by atoms with van der Waals surface area (Å²) in [6.45, 7) is 5.41. The Bertz CT molecular complexity index is 1070. The van der Waals surface area contributed by atoms with Crippen molar-refractivity contribution in [1.82, 2.24) is 10.2 Å². The summed E-state index contributed by atoms with van der Waals surface area (Å²) in [7, 11) is 0. The second kappa shape index (κ2) is 10.6. The zero-order chi connectivity index (χ0) is 22.3. The Balaban J connectivity index is 1.29. The quantitative estimate of drug-likeness (QED) is 0.498. The van der Waals surface area contributed by atoms with Crippen LogP contribution in [0.5, 0.6) is 5.75 Å². The molecule has 0 saturated heterocycles. The second-order valence-corrected chi connectivity index (χ2v) is 8.54. The number of rotatable bonds is 9. The lowest BCUT2D eigenvalue weighted by molar-refractivity contribution is 0.0842. The summed E-state index contributed by atoms with van der Waals surface area (Å²) in [5.41, 5.74) is 3.31. The van der Waals surface area contributed by atoms with Crippen LogP contribution in [-0.2, 0) is 13.0 Å². The van der Waals surface area contributed by atoms with E-state index in [9.17, 15) is 9.90 Å². The fourth-order valence-corrected chi connectivity index (χ4v) is 4.17. The van der Waals surface area contributed by atoms with Crippen LogP contribution in [0.3, 0.4) is 0 Å². The van der Waals surface area contributed by atoms with Gasteiger partial charge >= 0.3 is 0 Å². The molecule has 0 aromatic heterocycles. The first-order chi connectivity index (χ1) is 15.6. The van der Waals surface area contributed by atoms with E-state index in [0.717, 1.165) is 55.5 Å². The van der Waals surface area contributed by atoms with Gasteiger partial charge in [-0.2, -0.15) is 0 Å². The van der Waals surface area contributed by atoms with Gasteiger partial charge in [0, 0.05) is 31.7 Å². The minimum Gasteiger partial charge on any atom is -0.494 e. The van der Waals surface area contributed by atoms with Gasteiger partial charge in [0.1, 0.15) is 5.75 Å². The molecule has 5 heteroatoms. The van der Waals surface area contributed by atoms with Crippen LogP contribution in [-0.4, -0.2) is 48.3 Å². The smallest absolute Gasteiger partial charge is 0.251 e. The second-order valence-electron chi connectivity index (χ2n) is 8.54. The van der Waals surface area contributed by atoms with Crippen molar-refractivity contribution >= 4 is 16.7 Å². The first kappa shape index (κ1) is 22.3. The fraction of sp³-hybridized carbons (Fsp3) is 0.370. The number of nitrogens with zero attached hydrogens (tertiary/aromatic N) is 1. The first-order valence-electron chi connectivity index (χ1n) is 11.5. The maximum absolute atomic E-state index is 12.6. The summed E-state index contributed by atoms with van der Waals surface area (Å²) < 4.78 is 5.77. The van der Waals surface area contributed by atoms with Crippen LogP contribution in [0, 0.1) is 0 Å². The van der Waals surface area contributed by atoms with Crippen molar-refractivity contribution in [2.45, 2.75) is 38.8 Å². The van der Waals surface area contributed by atoms with Gasteiger partial charge in [0.05, 0.1) is 12.7 Å². The fourth-order valence-electron chi connectivity index (χ4n) is 4.17. The molecule has 0 unspecified atom stereocenters. The SMILES string of the molecule is CCCCOc1ccc2cc(C(=O)NC[C@H](O)CN3CCc4ccccc4C3)ccc2c1. The van der Waals surface area contributed by atoms with Crippen molar-refractivity contribution in [3.05, 3.63) is 77.4 Å². The third kappa shape index (κ3) is 5.67. The molecule has 3 aromatic carbocycles. The van der Waals surface area contributed by atoms with E-state index in [1.165, 1.54) is 11.1 Å². The van der Waals surface area contributed by atoms with Gasteiger partial charge in [-0.15, -0.1) is 0 Å². The molecule has 0 fully saturated rings. The van der Waals surface area contributed by atoms with Crippen LogP contribution in [0.25, 0.3) is 10.8 Å². The molecule has 0 saturated carbocycles. The number of benzene rings is 3. The Morgan fingerprint density at radius 1 is 1.09 bits per heavy atom. The lowest BCUT2D eigenvalue weighted by atomic mass is 10.00. The molecular formula is C27H32N2O3. The summed E-state index contributed by atoms with van der Waals surface area (Å²) in [4.78, 5) is 14.9. The van der Waals surface area contributed by atoms with Crippen molar-refractivity contribution in [3.63, 3.8) is 0 Å². The zero-order valence-electron chi connectivity index (χ0n) is 18.7. The average molecular weight is 433 g/mol. The van der Waals surface area contributed by atoms with E-state index in [1.807, 2.05) is 36.4 Å². The molecular weight excluding hydrogens is 400 g/mol. The van der Waals surface area contributed by atoms with Crippen molar-refractivity contribution < 1.29 is 14.6 Å². The Morgan fingerprint density at radius 3 is 2.72 bits per heavy atom. The summed E-state index contributed by atoms with van der Waals surface area (Å²) >= 11 is 0. The summed E-state index contributed by atoms with van der Waals surface area (Å²) in [6, 6.07) is 20.0. The zero-order valence-corrected chi connectivity index (χ0v) is 18.7. The number of nitrogens with one attached hydrogen (secondary N) is 1. The minimum absolute atomic E-state index is 0.168. The lowest BCUT2D eigenvalue weighted by Crippen LogP contribution is -2.42. The molecule has 0 radical (unpaired) electrons. The number of aliphatic hydroxyl groups is 1. The molecule has 1 aliphatic rings. The predicted octanol–water partition coefficient (Wildman–Crippen LogP) is 4.17. The van der Waals surface area contributed by atoms with E-state index < -0.39 is 6.10 Å². The highest BCUT2D eigenvalue weighted by atomic mass is 16.5. The van der Waals surface area contributed by atoms with E-state index in [4.69, 9.17) is 4.74 Å². The van der Waals surface area contributed by atoms with Crippen LogP contribution in [0.2, 0.25) is 0 Å². The molecule has 32 heavy (non-hydrogen) atoms. The van der Waals surface area contributed by atoms with Gasteiger partial charge in [-0.1, -0.05) is 49.7 Å². The number of carbonyl (C=O) groups is 1. The van der Waals surface area contributed by atoms with Gasteiger partial charge in [-0.25, -0.2) is 0 Å². The van der Waals surface area contributed by atoms with E-state index in [-0.39, 0.29) is 12.5 Å². The van der Waals surface area contributed by atoms with E-state index >= 15 is 0 Å². The molecule has 1 aliphatic heterocycles. The number of ether oxygens (including phenoxy) is 1. The highest BCUT2D eigenvalue weighted by Gasteiger charge is 2.19. The third-order valence-electron chi connectivity index (χ3n) is 6.02. The molecule has 1 amide bonds. The summed E-state index contributed by atoms with van der Waals surface area (Å²) in [6.07, 6.45) is 2.53. The maximum atomic E-state index is 12.6. The van der Waals surface area contributed by atoms with Gasteiger partial charge < -0.3 is 15.2 Å². The van der Waals surface area contributed by atoms with Crippen LogP contribution < -0.4 is 10.1 Å². The molecule has 0 bridgehead atoms. The highest BCUT2D eigenvalue weighted by Crippen LogP contribution is 2.22. The topological polar surface area (TPSA) is 61.8 Å². The van der Waals surface area contributed by atoms with Crippen molar-refractivity contribution in [1.29, 1.82) is 0 Å². The minimum atomic E-state index is -0.604. The molecule has 1 atom stereocenters. The molecule has 168 valence electrons. The monoisotopic (exact) mass is 432 g/mol. The Morgan fingerprint density at radius 2 is 1.88 bits per heavy atom. The van der Waals surface area contributed by atoms with Gasteiger partial charge in [0.15, 0.2) is 0 Å². The van der Waals surface area contributed by atoms with Gasteiger partial charge in [-0.3, -0.25) is 9.69 Å².